The minimum Gasteiger partial charge on any atom is -0.481 e. The molecule has 3 amide bonds. The number of hydrogen-bond donors (Lipinski definition) is 1. The second-order valence-electron chi connectivity index (χ2n) is 4.70. The van der Waals surface area contributed by atoms with Crippen molar-refractivity contribution < 1.29 is 24.3 Å². The van der Waals surface area contributed by atoms with E-state index in [1.54, 1.807) is 0 Å². The molecule has 0 spiro atoms. The lowest BCUT2D eigenvalue weighted by Gasteiger charge is -2.21. The van der Waals surface area contributed by atoms with Gasteiger partial charge in [0.25, 0.3) is 0 Å². The number of carbonyl (C=O) groups excluding carboxylic acids is 3. The highest BCUT2D eigenvalue weighted by Crippen LogP contribution is 2.12. The van der Waals surface area contributed by atoms with Crippen molar-refractivity contribution in [2.75, 3.05) is 20.1 Å². The zero-order chi connectivity index (χ0) is 14.6. The molecule has 1 rings (SSSR count). The molecule has 1 fully saturated rings. The van der Waals surface area contributed by atoms with Crippen LogP contribution in [-0.4, -0.2) is 58.7 Å². The highest BCUT2D eigenvalue weighted by Gasteiger charge is 2.29. The van der Waals surface area contributed by atoms with Gasteiger partial charge < -0.3 is 10.0 Å². The van der Waals surface area contributed by atoms with Crippen molar-refractivity contribution in [2.45, 2.75) is 26.2 Å². The van der Waals surface area contributed by atoms with Crippen LogP contribution < -0.4 is 0 Å². The Labute approximate surface area is 111 Å². The van der Waals surface area contributed by atoms with Crippen molar-refractivity contribution in [3.8, 4) is 0 Å². The average molecular weight is 270 g/mol. The lowest BCUT2D eigenvalue weighted by molar-refractivity contribution is -0.142. The van der Waals surface area contributed by atoms with E-state index >= 15 is 0 Å². The molecule has 1 aliphatic heterocycles. The molecule has 1 N–H and O–H groups in total. The van der Waals surface area contributed by atoms with Crippen LogP contribution in [0, 0.1) is 5.92 Å². The summed E-state index contributed by atoms with van der Waals surface area (Å²) in [5, 5.41) is 8.75. The fourth-order valence-corrected chi connectivity index (χ4v) is 1.86. The Hall–Kier alpha value is -1.92. The first-order valence-electron chi connectivity index (χ1n) is 6.13. The van der Waals surface area contributed by atoms with Gasteiger partial charge in [0.1, 0.15) is 0 Å². The summed E-state index contributed by atoms with van der Waals surface area (Å²) in [6, 6.07) is 0. The van der Waals surface area contributed by atoms with E-state index in [0.717, 1.165) is 4.90 Å². The molecule has 0 aromatic heterocycles. The third kappa shape index (κ3) is 4.04. The van der Waals surface area contributed by atoms with Crippen molar-refractivity contribution >= 4 is 23.7 Å². The van der Waals surface area contributed by atoms with E-state index in [1.807, 2.05) is 0 Å². The van der Waals surface area contributed by atoms with Gasteiger partial charge >= 0.3 is 5.97 Å². The van der Waals surface area contributed by atoms with Crippen molar-refractivity contribution in [3.05, 3.63) is 0 Å². The lowest BCUT2D eigenvalue weighted by atomic mass is 10.1. The number of carboxylic acids is 1. The van der Waals surface area contributed by atoms with Gasteiger partial charge in [0.2, 0.25) is 17.7 Å². The van der Waals surface area contributed by atoms with E-state index < -0.39 is 11.9 Å². The van der Waals surface area contributed by atoms with Crippen LogP contribution in [0.15, 0.2) is 0 Å². The van der Waals surface area contributed by atoms with Gasteiger partial charge in [-0.1, -0.05) is 6.92 Å². The molecular weight excluding hydrogens is 252 g/mol. The molecule has 19 heavy (non-hydrogen) atoms. The molecule has 7 nitrogen and oxygen atoms in total. The molecule has 0 saturated carbocycles. The molecule has 1 saturated heterocycles. The first-order chi connectivity index (χ1) is 8.82. The second kappa shape index (κ2) is 6.31. The number of carboxylic acid groups (broad SMARTS) is 1. The maximum atomic E-state index is 11.8. The molecular formula is C12H18N2O5. The normalized spacial score (nSPS) is 16.6. The third-order valence-electron chi connectivity index (χ3n) is 3.10. The number of carbonyl (C=O) groups is 4. The van der Waals surface area contributed by atoms with Crippen molar-refractivity contribution in [1.29, 1.82) is 0 Å². The summed E-state index contributed by atoms with van der Waals surface area (Å²) in [5.41, 5.74) is 0. The minimum atomic E-state index is -0.968. The molecule has 7 heteroatoms. The van der Waals surface area contributed by atoms with Gasteiger partial charge in [0.15, 0.2) is 0 Å². The standard InChI is InChI=1S/C12H18N2O5/c1-8(12(18)19)7-13(2)9(15)5-6-14-10(16)3-4-11(14)17/h8H,3-7H2,1-2H3,(H,18,19). The second-order valence-corrected chi connectivity index (χ2v) is 4.70. The Kier molecular flexibility index (Phi) is 5.02. The quantitative estimate of drug-likeness (QED) is 0.669. The van der Waals surface area contributed by atoms with Crippen LogP contribution in [0.3, 0.4) is 0 Å². The molecule has 0 aliphatic carbocycles. The van der Waals surface area contributed by atoms with Gasteiger partial charge in [0.05, 0.1) is 5.92 Å². The van der Waals surface area contributed by atoms with Crippen molar-refractivity contribution in [1.82, 2.24) is 9.80 Å². The van der Waals surface area contributed by atoms with Crippen LogP contribution in [0.4, 0.5) is 0 Å². The Bertz CT molecular complexity index is 391. The van der Waals surface area contributed by atoms with E-state index in [2.05, 4.69) is 0 Å². The highest BCUT2D eigenvalue weighted by molar-refractivity contribution is 6.02. The SMILES string of the molecule is CC(CN(C)C(=O)CCN1C(=O)CCC1=O)C(=O)O. The van der Waals surface area contributed by atoms with Gasteiger partial charge in [0, 0.05) is 39.4 Å². The molecule has 1 unspecified atom stereocenters. The van der Waals surface area contributed by atoms with E-state index in [4.69, 9.17) is 5.11 Å². The average Bonchev–Trinajstić information content (AvgIpc) is 2.65. The molecule has 1 aliphatic rings. The Morgan fingerprint density at radius 2 is 1.84 bits per heavy atom. The zero-order valence-electron chi connectivity index (χ0n) is 11.1. The number of aliphatic carboxylic acids is 1. The largest absolute Gasteiger partial charge is 0.481 e. The fourth-order valence-electron chi connectivity index (χ4n) is 1.86. The fraction of sp³-hybridized carbons (Fsp3) is 0.667. The maximum Gasteiger partial charge on any atom is 0.308 e. The first kappa shape index (κ1) is 15.1. The lowest BCUT2D eigenvalue weighted by Crippen LogP contribution is -2.37. The van der Waals surface area contributed by atoms with Crippen LogP contribution in [0.5, 0.6) is 0 Å². The van der Waals surface area contributed by atoms with Gasteiger partial charge in [-0.3, -0.25) is 24.1 Å². The van der Waals surface area contributed by atoms with Crippen LogP contribution in [0.25, 0.3) is 0 Å². The van der Waals surface area contributed by atoms with Crippen LogP contribution in [-0.2, 0) is 19.2 Å². The smallest absolute Gasteiger partial charge is 0.308 e. The number of likely N-dealkylation sites (tertiary alicyclic amines) is 1. The van der Waals surface area contributed by atoms with E-state index in [1.165, 1.54) is 18.9 Å². The van der Waals surface area contributed by atoms with Crippen molar-refractivity contribution in [2.24, 2.45) is 5.92 Å². The number of hydrogen-bond acceptors (Lipinski definition) is 4. The number of amides is 3. The summed E-state index contributed by atoms with van der Waals surface area (Å²) in [5.74, 6) is -2.40. The molecule has 0 aromatic rings. The van der Waals surface area contributed by atoms with Gasteiger partial charge in [-0.25, -0.2) is 0 Å². The predicted octanol–water partition coefficient (Wildman–Crippen LogP) is -0.295. The summed E-state index contributed by atoms with van der Waals surface area (Å²) >= 11 is 0. The zero-order valence-corrected chi connectivity index (χ0v) is 11.1. The number of rotatable bonds is 6. The summed E-state index contributed by atoms with van der Waals surface area (Å²) in [6.45, 7) is 1.69. The van der Waals surface area contributed by atoms with Crippen LogP contribution in [0.1, 0.15) is 26.2 Å². The highest BCUT2D eigenvalue weighted by atomic mass is 16.4. The summed E-state index contributed by atoms with van der Waals surface area (Å²) < 4.78 is 0. The molecule has 0 bridgehead atoms. The number of imide groups is 1. The first-order valence-corrected chi connectivity index (χ1v) is 6.13. The Balaban J connectivity index is 2.40. The Morgan fingerprint density at radius 1 is 1.32 bits per heavy atom. The molecule has 106 valence electrons. The van der Waals surface area contributed by atoms with E-state index in [9.17, 15) is 19.2 Å². The number of nitrogens with zero attached hydrogens (tertiary/aromatic N) is 2. The van der Waals surface area contributed by atoms with Crippen LogP contribution >= 0.6 is 0 Å². The van der Waals surface area contributed by atoms with Crippen molar-refractivity contribution in [3.63, 3.8) is 0 Å². The van der Waals surface area contributed by atoms with Gasteiger partial charge in [-0.15, -0.1) is 0 Å². The monoisotopic (exact) mass is 270 g/mol. The summed E-state index contributed by atoms with van der Waals surface area (Å²) in [6.07, 6.45) is 0.443. The summed E-state index contributed by atoms with van der Waals surface area (Å²) in [4.78, 5) is 47.5. The molecule has 0 aromatic carbocycles. The third-order valence-corrected chi connectivity index (χ3v) is 3.10. The predicted molar refractivity (Wildman–Crippen MR) is 65.0 cm³/mol. The van der Waals surface area contributed by atoms with E-state index in [-0.39, 0.29) is 50.1 Å². The summed E-state index contributed by atoms with van der Waals surface area (Å²) in [7, 11) is 1.51. The maximum absolute atomic E-state index is 11.8. The van der Waals surface area contributed by atoms with Gasteiger partial charge in [-0.05, 0) is 0 Å². The van der Waals surface area contributed by atoms with E-state index in [0.29, 0.717) is 0 Å². The molecule has 0 radical (unpaired) electrons. The molecule has 1 heterocycles. The minimum absolute atomic E-state index is 0.0281. The topological polar surface area (TPSA) is 95.0 Å². The van der Waals surface area contributed by atoms with Gasteiger partial charge in [-0.2, -0.15) is 0 Å². The Morgan fingerprint density at radius 3 is 2.32 bits per heavy atom. The van der Waals surface area contributed by atoms with Crippen LogP contribution in [0.2, 0.25) is 0 Å². The molecule has 1 atom stereocenters.